The summed E-state index contributed by atoms with van der Waals surface area (Å²) in [6.07, 6.45) is 9.35. The zero-order chi connectivity index (χ0) is 16.8. The van der Waals surface area contributed by atoms with Crippen molar-refractivity contribution in [1.29, 1.82) is 0 Å². The van der Waals surface area contributed by atoms with Gasteiger partial charge in [0.25, 0.3) is 0 Å². The molecule has 1 atom stereocenters. The van der Waals surface area contributed by atoms with Gasteiger partial charge in [-0.2, -0.15) is 0 Å². The molecule has 7 heteroatoms. The minimum absolute atomic E-state index is 0. The number of nitrogens with two attached hydrogens (primary N) is 1. The lowest BCUT2D eigenvalue weighted by Gasteiger charge is -2.57. The number of carbonyl (C=O) groups is 1. The maximum atomic E-state index is 12.5. The third-order valence-electron chi connectivity index (χ3n) is 6.23. The minimum Gasteiger partial charge on any atom is -0.344 e. The fourth-order valence-corrected chi connectivity index (χ4v) is 6.49. The predicted molar refractivity (Wildman–Crippen MR) is 97.8 cm³/mol. The van der Waals surface area contributed by atoms with Crippen molar-refractivity contribution in [2.75, 3.05) is 25.6 Å². The summed E-state index contributed by atoms with van der Waals surface area (Å²) in [5, 5.41) is 0. The third kappa shape index (κ3) is 4.44. The average Bonchev–Trinajstić information content (AvgIpc) is 2.41. The Morgan fingerprint density at radius 1 is 1.17 bits per heavy atom. The lowest BCUT2D eigenvalue weighted by Crippen LogP contribution is -2.53. The molecule has 0 saturated heterocycles. The molecular formula is C17H31ClN2O3S. The summed E-state index contributed by atoms with van der Waals surface area (Å²) >= 11 is 0. The lowest BCUT2D eigenvalue weighted by atomic mass is 9.49. The van der Waals surface area contributed by atoms with Gasteiger partial charge in [-0.15, -0.1) is 12.4 Å². The van der Waals surface area contributed by atoms with Gasteiger partial charge in [-0.1, -0.05) is 0 Å². The van der Waals surface area contributed by atoms with Crippen molar-refractivity contribution in [3.05, 3.63) is 0 Å². The van der Waals surface area contributed by atoms with Crippen molar-refractivity contribution >= 4 is 28.2 Å². The van der Waals surface area contributed by atoms with Gasteiger partial charge in [-0.25, -0.2) is 8.42 Å². The van der Waals surface area contributed by atoms with Crippen LogP contribution in [-0.2, 0) is 14.6 Å². The molecule has 4 saturated carbocycles. The molecule has 4 aliphatic rings. The highest BCUT2D eigenvalue weighted by Crippen LogP contribution is 2.60. The van der Waals surface area contributed by atoms with Crippen LogP contribution in [0.4, 0.5) is 0 Å². The van der Waals surface area contributed by atoms with Crippen LogP contribution in [0, 0.1) is 23.2 Å². The number of sulfone groups is 1. The second kappa shape index (κ2) is 7.12. The highest BCUT2D eigenvalue weighted by molar-refractivity contribution is 7.90. The molecule has 4 aliphatic carbocycles. The summed E-state index contributed by atoms with van der Waals surface area (Å²) in [5.41, 5.74) is 6.24. The molecular weight excluding hydrogens is 348 g/mol. The van der Waals surface area contributed by atoms with E-state index in [-0.39, 0.29) is 30.5 Å². The van der Waals surface area contributed by atoms with Gasteiger partial charge in [0, 0.05) is 19.8 Å². The SMILES string of the molecule is CN(CC12CC3CC(CC(C3)C1)C2)C(=O)C(N)CCS(C)(=O)=O.Cl. The molecule has 4 fully saturated rings. The Kier molecular flexibility index (Phi) is 5.93. The number of rotatable bonds is 6. The fraction of sp³-hybridized carbons (Fsp3) is 0.941. The zero-order valence-corrected chi connectivity index (χ0v) is 16.4. The number of carbonyl (C=O) groups excluding carboxylic acids is 1. The molecule has 4 rings (SSSR count). The summed E-state index contributed by atoms with van der Waals surface area (Å²) in [7, 11) is -1.24. The Balaban J connectivity index is 0.00000208. The Hall–Kier alpha value is -0.330. The fourth-order valence-electron chi connectivity index (χ4n) is 5.81. The first-order valence-electron chi connectivity index (χ1n) is 8.84. The topological polar surface area (TPSA) is 80.5 Å². The van der Waals surface area contributed by atoms with Gasteiger partial charge in [-0.05, 0) is 68.1 Å². The molecule has 1 unspecified atom stereocenters. The van der Waals surface area contributed by atoms with E-state index in [2.05, 4.69) is 0 Å². The van der Waals surface area contributed by atoms with Gasteiger partial charge in [0.2, 0.25) is 5.91 Å². The maximum Gasteiger partial charge on any atom is 0.239 e. The van der Waals surface area contributed by atoms with Crippen LogP contribution >= 0.6 is 12.4 Å². The first-order valence-corrected chi connectivity index (χ1v) is 10.9. The number of likely N-dealkylation sites (N-methyl/N-ethyl adjacent to an activating group) is 1. The van der Waals surface area contributed by atoms with Crippen molar-refractivity contribution in [2.45, 2.75) is 51.0 Å². The van der Waals surface area contributed by atoms with E-state index in [0.717, 1.165) is 24.3 Å². The summed E-state index contributed by atoms with van der Waals surface area (Å²) in [5.74, 6) is 2.46. The molecule has 0 spiro atoms. The first kappa shape index (κ1) is 20.0. The van der Waals surface area contributed by atoms with Gasteiger partial charge >= 0.3 is 0 Å². The number of amides is 1. The Morgan fingerprint density at radius 2 is 1.62 bits per heavy atom. The van der Waals surface area contributed by atoms with Crippen LogP contribution in [0.25, 0.3) is 0 Å². The molecule has 0 radical (unpaired) electrons. The molecule has 2 N–H and O–H groups in total. The van der Waals surface area contributed by atoms with Crippen molar-refractivity contribution in [3.8, 4) is 0 Å². The molecule has 0 aliphatic heterocycles. The third-order valence-corrected chi connectivity index (χ3v) is 7.21. The Morgan fingerprint density at radius 3 is 2.04 bits per heavy atom. The molecule has 1 amide bonds. The van der Waals surface area contributed by atoms with Crippen LogP contribution in [0.3, 0.4) is 0 Å². The van der Waals surface area contributed by atoms with E-state index < -0.39 is 15.9 Å². The van der Waals surface area contributed by atoms with Crippen molar-refractivity contribution in [2.24, 2.45) is 28.9 Å². The molecule has 0 aromatic carbocycles. The Bertz CT molecular complexity index is 543. The quantitative estimate of drug-likeness (QED) is 0.764. The van der Waals surface area contributed by atoms with Crippen LogP contribution in [0.1, 0.15) is 44.9 Å². The van der Waals surface area contributed by atoms with E-state index in [9.17, 15) is 13.2 Å². The molecule has 140 valence electrons. The van der Waals surface area contributed by atoms with Crippen molar-refractivity contribution in [3.63, 3.8) is 0 Å². The number of hydrogen-bond acceptors (Lipinski definition) is 4. The number of nitrogens with zero attached hydrogens (tertiary/aromatic N) is 1. The van der Waals surface area contributed by atoms with Crippen LogP contribution in [0.2, 0.25) is 0 Å². The van der Waals surface area contributed by atoms with Gasteiger partial charge in [0.1, 0.15) is 9.84 Å². The summed E-state index contributed by atoms with van der Waals surface area (Å²) in [6.45, 7) is 0.794. The highest BCUT2D eigenvalue weighted by Gasteiger charge is 2.51. The summed E-state index contributed by atoms with van der Waals surface area (Å²) in [4.78, 5) is 14.3. The predicted octanol–water partition coefficient (Wildman–Crippen LogP) is 1.85. The minimum atomic E-state index is -3.07. The lowest BCUT2D eigenvalue weighted by molar-refractivity contribution is -0.136. The average molecular weight is 379 g/mol. The number of halogens is 1. The van der Waals surface area contributed by atoms with E-state index >= 15 is 0 Å². The maximum absolute atomic E-state index is 12.5. The molecule has 0 aromatic rings. The van der Waals surface area contributed by atoms with Crippen LogP contribution < -0.4 is 5.73 Å². The Labute approximate surface area is 152 Å². The van der Waals surface area contributed by atoms with E-state index in [1.54, 1.807) is 4.90 Å². The van der Waals surface area contributed by atoms with Gasteiger partial charge in [0.05, 0.1) is 11.8 Å². The van der Waals surface area contributed by atoms with E-state index in [0.29, 0.717) is 5.41 Å². The second-order valence-electron chi connectivity index (χ2n) is 8.64. The van der Waals surface area contributed by atoms with E-state index in [1.165, 1.54) is 44.8 Å². The first-order chi connectivity index (χ1) is 10.7. The van der Waals surface area contributed by atoms with Crippen LogP contribution in [-0.4, -0.2) is 50.9 Å². The molecule has 24 heavy (non-hydrogen) atoms. The largest absolute Gasteiger partial charge is 0.344 e. The highest BCUT2D eigenvalue weighted by atomic mass is 35.5. The normalized spacial score (nSPS) is 35.4. The molecule has 5 nitrogen and oxygen atoms in total. The molecule has 0 aromatic heterocycles. The van der Waals surface area contributed by atoms with E-state index in [4.69, 9.17) is 5.73 Å². The van der Waals surface area contributed by atoms with Crippen LogP contribution in [0.5, 0.6) is 0 Å². The van der Waals surface area contributed by atoms with E-state index in [1.807, 2.05) is 7.05 Å². The molecule has 0 heterocycles. The molecule has 4 bridgehead atoms. The van der Waals surface area contributed by atoms with Gasteiger partial charge in [-0.3, -0.25) is 4.79 Å². The second-order valence-corrected chi connectivity index (χ2v) is 10.9. The number of hydrogen-bond donors (Lipinski definition) is 1. The summed E-state index contributed by atoms with van der Waals surface area (Å²) in [6, 6.07) is -0.705. The van der Waals surface area contributed by atoms with Gasteiger partial charge in [0.15, 0.2) is 0 Å². The van der Waals surface area contributed by atoms with Crippen molar-refractivity contribution < 1.29 is 13.2 Å². The van der Waals surface area contributed by atoms with Gasteiger partial charge < -0.3 is 10.6 Å². The monoisotopic (exact) mass is 378 g/mol. The smallest absolute Gasteiger partial charge is 0.239 e. The standard InChI is InChI=1S/C17H30N2O3S.ClH/c1-19(16(20)15(18)3-4-23(2,21)22)11-17-8-12-5-13(9-17)7-14(6-12)10-17;/h12-15H,3-11,18H2,1-2H3;1H. The summed E-state index contributed by atoms with van der Waals surface area (Å²) < 4.78 is 22.5. The van der Waals surface area contributed by atoms with Crippen molar-refractivity contribution in [1.82, 2.24) is 4.90 Å². The zero-order valence-electron chi connectivity index (χ0n) is 14.7. The van der Waals surface area contributed by atoms with Crippen LogP contribution in [0.15, 0.2) is 0 Å².